The maximum Gasteiger partial charge on any atom is 0.339 e. The Morgan fingerprint density at radius 3 is 2.17 bits per heavy atom. The van der Waals surface area contributed by atoms with Crippen LogP contribution in [-0.4, -0.2) is 36.1 Å². The number of anilines is 1. The number of methoxy groups -OCH3 is 1. The van der Waals surface area contributed by atoms with Gasteiger partial charge in [0.2, 0.25) is 11.8 Å². The highest BCUT2D eigenvalue weighted by molar-refractivity contribution is 6.25. The number of carbonyl (C=O) groups excluding carboxylic acids is 3. The van der Waals surface area contributed by atoms with E-state index < -0.39 is 29.0 Å². The summed E-state index contributed by atoms with van der Waals surface area (Å²) in [5, 5.41) is 0. The topological polar surface area (TPSA) is 72.9 Å². The predicted molar refractivity (Wildman–Crippen MR) is 84.3 cm³/mol. The van der Waals surface area contributed by atoms with Crippen molar-refractivity contribution in [3.63, 3.8) is 0 Å². The molecule has 3 heterocycles. The summed E-state index contributed by atoms with van der Waals surface area (Å²) in [5.41, 5.74) is -1.12. The van der Waals surface area contributed by atoms with Gasteiger partial charge in [-0.05, 0) is 26.0 Å². The van der Waals surface area contributed by atoms with Crippen LogP contribution in [-0.2, 0) is 19.1 Å². The Morgan fingerprint density at radius 1 is 1.08 bits per heavy atom. The molecule has 124 valence electrons. The van der Waals surface area contributed by atoms with E-state index >= 15 is 0 Å². The maximum absolute atomic E-state index is 13.0. The molecule has 0 spiro atoms. The van der Waals surface area contributed by atoms with Crippen molar-refractivity contribution in [2.75, 3.05) is 12.0 Å². The molecular weight excluding hydrogens is 310 g/mol. The van der Waals surface area contributed by atoms with Crippen molar-refractivity contribution >= 4 is 23.5 Å². The molecule has 4 unspecified atom stereocenters. The first kappa shape index (κ1) is 15.1. The maximum atomic E-state index is 13.0. The van der Waals surface area contributed by atoms with Gasteiger partial charge in [-0.2, -0.15) is 0 Å². The van der Waals surface area contributed by atoms with Crippen LogP contribution < -0.4 is 4.90 Å². The summed E-state index contributed by atoms with van der Waals surface area (Å²) < 4.78 is 10.7. The van der Waals surface area contributed by atoms with Crippen LogP contribution in [0.2, 0.25) is 0 Å². The molecule has 0 N–H and O–H groups in total. The summed E-state index contributed by atoms with van der Waals surface area (Å²) in [5.74, 6) is -2.41. The molecular formula is C18H17NO5. The van der Waals surface area contributed by atoms with Crippen molar-refractivity contribution in [3.05, 3.63) is 42.0 Å². The largest absolute Gasteiger partial charge is 0.465 e. The van der Waals surface area contributed by atoms with E-state index in [-0.39, 0.29) is 23.1 Å². The lowest BCUT2D eigenvalue weighted by Crippen LogP contribution is -2.40. The molecule has 0 radical (unpaired) electrons. The molecule has 1 aromatic rings. The van der Waals surface area contributed by atoms with Gasteiger partial charge in [-0.1, -0.05) is 24.3 Å². The van der Waals surface area contributed by atoms with E-state index in [9.17, 15) is 14.4 Å². The molecule has 24 heavy (non-hydrogen) atoms. The van der Waals surface area contributed by atoms with Crippen LogP contribution >= 0.6 is 0 Å². The Bertz CT molecular complexity index is 779. The Labute approximate surface area is 139 Å². The van der Waals surface area contributed by atoms with Crippen LogP contribution in [0.4, 0.5) is 5.69 Å². The Hall–Kier alpha value is -2.47. The van der Waals surface area contributed by atoms with Gasteiger partial charge in [-0.3, -0.25) is 9.59 Å². The van der Waals surface area contributed by atoms with E-state index in [4.69, 9.17) is 9.47 Å². The highest BCUT2D eigenvalue weighted by Gasteiger charge is 2.70. The predicted octanol–water partition coefficient (Wildman–Crippen LogP) is 1.70. The third kappa shape index (κ3) is 1.66. The number of imide groups is 1. The van der Waals surface area contributed by atoms with E-state index in [1.807, 2.05) is 26.0 Å². The molecule has 0 aromatic heterocycles. The first-order valence-corrected chi connectivity index (χ1v) is 7.78. The van der Waals surface area contributed by atoms with Crippen LogP contribution in [0.25, 0.3) is 0 Å². The average Bonchev–Trinajstić information content (AvgIpc) is 3.11. The van der Waals surface area contributed by atoms with Crippen LogP contribution in [0, 0.1) is 11.8 Å². The molecule has 0 aliphatic carbocycles. The molecule has 2 saturated heterocycles. The van der Waals surface area contributed by atoms with Crippen molar-refractivity contribution in [2.45, 2.75) is 25.0 Å². The van der Waals surface area contributed by atoms with Gasteiger partial charge in [-0.15, -0.1) is 0 Å². The number of esters is 1. The van der Waals surface area contributed by atoms with E-state index in [0.29, 0.717) is 0 Å². The molecule has 2 fully saturated rings. The fourth-order valence-electron chi connectivity index (χ4n) is 4.22. The third-order valence-corrected chi connectivity index (χ3v) is 5.28. The van der Waals surface area contributed by atoms with Crippen LogP contribution in [0.15, 0.2) is 36.4 Å². The second-order valence-corrected chi connectivity index (χ2v) is 6.78. The van der Waals surface area contributed by atoms with Gasteiger partial charge in [0.05, 0.1) is 41.4 Å². The van der Waals surface area contributed by atoms with Gasteiger partial charge < -0.3 is 9.47 Å². The number of fused-ring (bicyclic) bond motifs is 5. The Morgan fingerprint density at radius 2 is 1.62 bits per heavy atom. The summed E-state index contributed by atoms with van der Waals surface area (Å²) in [4.78, 5) is 39.2. The highest BCUT2D eigenvalue weighted by Crippen LogP contribution is 2.57. The average molecular weight is 327 g/mol. The van der Waals surface area contributed by atoms with Crippen molar-refractivity contribution in [1.29, 1.82) is 0 Å². The minimum Gasteiger partial charge on any atom is -0.465 e. The molecule has 6 nitrogen and oxygen atoms in total. The van der Waals surface area contributed by atoms with Crippen LogP contribution in [0.1, 0.15) is 24.2 Å². The Balaban J connectivity index is 1.83. The fourth-order valence-corrected chi connectivity index (χ4v) is 4.22. The van der Waals surface area contributed by atoms with Crippen molar-refractivity contribution in [2.24, 2.45) is 11.8 Å². The van der Waals surface area contributed by atoms with E-state index in [2.05, 4.69) is 0 Å². The molecule has 6 heteroatoms. The number of hydrogen-bond donors (Lipinski definition) is 0. The summed E-state index contributed by atoms with van der Waals surface area (Å²) in [6.45, 7) is 3.64. The zero-order chi connectivity index (χ0) is 17.3. The van der Waals surface area contributed by atoms with Gasteiger partial charge in [0.25, 0.3) is 0 Å². The molecule has 1 aromatic carbocycles. The zero-order valence-electron chi connectivity index (χ0n) is 13.6. The summed E-state index contributed by atoms with van der Waals surface area (Å²) in [7, 11) is 1.27. The lowest BCUT2D eigenvalue weighted by atomic mass is 9.73. The lowest BCUT2D eigenvalue weighted by Gasteiger charge is -2.26. The van der Waals surface area contributed by atoms with Gasteiger partial charge in [-0.25, -0.2) is 9.69 Å². The van der Waals surface area contributed by atoms with Crippen LogP contribution in [0.3, 0.4) is 0 Å². The molecule has 4 atom stereocenters. The van der Waals surface area contributed by atoms with Crippen molar-refractivity contribution in [1.82, 2.24) is 0 Å². The smallest absolute Gasteiger partial charge is 0.339 e. The molecule has 4 rings (SSSR count). The number of rotatable bonds is 2. The minimum absolute atomic E-state index is 0.193. The zero-order valence-corrected chi connectivity index (χ0v) is 13.6. The van der Waals surface area contributed by atoms with Crippen LogP contribution in [0.5, 0.6) is 0 Å². The van der Waals surface area contributed by atoms with E-state index in [1.54, 1.807) is 24.3 Å². The normalized spacial score (nSPS) is 36.4. The fraction of sp³-hybridized carbons (Fsp3) is 0.389. The lowest BCUT2D eigenvalue weighted by molar-refractivity contribution is -0.128. The molecule has 3 aliphatic rings. The summed E-state index contributed by atoms with van der Waals surface area (Å²) >= 11 is 0. The molecule has 3 aliphatic heterocycles. The number of nitrogens with zero attached hydrogens (tertiary/aromatic N) is 1. The SMILES string of the molecule is COC(=O)c1ccccc1N1C(=O)C2C(C1=O)C1(C)C=CC2(C)O1. The molecule has 2 bridgehead atoms. The van der Waals surface area contributed by atoms with Crippen molar-refractivity contribution in [3.8, 4) is 0 Å². The number of amides is 2. The monoisotopic (exact) mass is 327 g/mol. The second kappa shape index (κ2) is 4.54. The van der Waals surface area contributed by atoms with Gasteiger partial charge in [0.15, 0.2) is 0 Å². The van der Waals surface area contributed by atoms with E-state index in [1.165, 1.54) is 7.11 Å². The number of para-hydroxylation sites is 1. The van der Waals surface area contributed by atoms with E-state index in [0.717, 1.165) is 4.90 Å². The highest BCUT2D eigenvalue weighted by atomic mass is 16.5. The Kier molecular flexibility index (Phi) is 2.85. The molecule has 2 amide bonds. The number of ether oxygens (including phenoxy) is 2. The second-order valence-electron chi connectivity index (χ2n) is 6.78. The van der Waals surface area contributed by atoms with Gasteiger partial charge >= 0.3 is 5.97 Å². The van der Waals surface area contributed by atoms with Gasteiger partial charge in [0, 0.05) is 0 Å². The first-order valence-electron chi connectivity index (χ1n) is 7.78. The minimum atomic E-state index is -0.791. The first-order chi connectivity index (χ1) is 11.3. The van der Waals surface area contributed by atoms with Crippen molar-refractivity contribution < 1.29 is 23.9 Å². The number of carbonyl (C=O) groups is 3. The standard InChI is InChI=1S/C18H17NO5/c1-17-8-9-18(2,24-17)13-12(17)14(20)19(15(13)21)11-7-5-4-6-10(11)16(22)23-3/h4-9,12-13H,1-3H3. The quantitative estimate of drug-likeness (QED) is 0.470. The van der Waals surface area contributed by atoms with Gasteiger partial charge in [0.1, 0.15) is 0 Å². The third-order valence-electron chi connectivity index (χ3n) is 5.28. The number of benzene rings is 1. The number of hydrogen-bond acceptors (Lipinski definition) is 5. The molecule has 0 saturated carbocycles. The summed E-state index contributed by atoms with van der Waals surface area (Å²) in [6, 6.07) is 6.48. The summed E-state index contributed by atoms with van der Waals surface area (Å²) in [6.07, 6.45) is 3.71.